The van der Waals surface area contributed by atoms with E-state index in [4.69, 9.17) is 9.97 Å². The molecule has 4 rings (SSSR count). The zero-order valence-corrected chi connectivity index (χ0v) is 16.9. The molecule has 1 aliphatic rings. The smallest absolute Gasteiger partial charge is 0.243 e. The Morgan fingerprint density at radius 3 is 2.25 bits per heavy atom. The first kappa shape index (κ1) is 19.0. The minimum absolute atomic E-state index is 0.0323. The fourth-order valence-corrected chi connectivity index (χ4v) is 5.12. The molecule has 7 heteroatoms. The van der Waals surface area contributed by atoms with Crippen molar-refractivity contribution in [3.05, 3.63) is 66.1 Å². The summed E-state index contributed by atoms with van der Waals surface area (Å²) in [5.74, 6) is 0.788. The standard InChI is InChI=1S/C21H24N4O2S/c1-16-19-10-6-7-11-20(19)23-21(22-16)17(2)24-12-14-25(15-13-24)28(26,27)18-8-4-3-5-9-18/h3-11,17H,12-15H2,1-2H3. The van der Waals surface area contributed by atoms with Gasteiger partial charge in [0, 0.05) is 37.3 Å². The van der Waals surface area contributed by atoms with Crippen LogP contribution in [0.5, 0.6) is 0 Å². The van der Waals surface area contributed by atoms with Crippen molar-refractivity contribution in [2.45, 2.75) is 24.8 Å². The van der Waals surface area contributed by atoms with Gasteiger partial charge in [-0.3, -0.25) is 4.90 Å². The number of para-hydroxylation sites is 1. The van der Waals surface area contributed by atoms with Gasteiger partial charge in [0.2, 0.25) is 10.0 Å². The molecule has 1 fully saturated rings. The molecule has 0 bridgehead atoms. The Morgan fingerprint density at radius 1 is 0.893 bits per heavy atom. The topological polar surface area (TPSA) is 66.4 Å². The Labute approximate surface area is 165 Å². The summed E-state index contributed by atoms with van der Waals surface area (Å²) in [5.41, 5.74) is 1.92. The molecule has 0 amide bonds. The normalized spacial score (nSPS) is 17.6. The van der Waals surface area contributed by atoms with Gasteiger partial charge in [-0.1, -0.05) is 36.4 Å². The lowest BCUT2D eigenvalue weighted by atomic mass is 10.1. The highest BCUT2D eigenvalue weighted by Crippen LogP contribution is 2.24. The zero-order valence-electron chi connectivity index (χ0n) is 16.1. The average Bonchev–Trinajstić information content (AvgIpc) is 2.74. The summed E-state index contributed by atoms with van der Waals surface area (Å²) in [7, 11) is -3.44. The van der Waals surface area contributed by atoms with E-state index in [1.807, 2.05) is 37.3 Å². The van der Waals surface area contributed by atoms with Gasteiger partial charge in [-0.15, -0.1) is 0 Å². The summed E-state index contributed by atoms with van der Waals surface area (Å²) in [5, 5.41) is 1.07. The van der Waals surface area contributed by atoms with Crippen molar-refractivity contribution in [2.24, 2.45) is 0 Å². The maximum absolute atomic E-state index is 12.8. The molecule has 28 heavy (non-hydrogen) atoms. The molecule has 6 nitrogen and oxygen atoms in total. The van der Waals surface area contributed by atoms with Crippen LogP contribution in [0, 0.1) is 6.92 Å². The molecule has 0 spiro atoms. The maximum Gasteiger partial charge on any atom is 0.243 e. The van der Waals surface area contributed by atoms with E-state index in [0.29, 0.717) is 31.1 Å². The van der Waals surface area contributed by atoms with E-state index in [-0.39, 0.29) is 6.04 Å². The predicted octanol–water partition coefficient (Wildman–Crippen LogP) is 3.01. The summed E-state index contributed by atoms with van der Waals surface area (Å²) in [6.07, 6.45) is 0. The van der Waals surface area contributed by atoms with Crippen molar-refractivity contribution in [1.29, 1.82) is 0 Å². The van der Waals surface area contributed by atoms with E-state index in [1.54, 1.807) is 28.6 Å². The molecule has 0 saturated carbocycles. The summed E-state index contributed by atoms with van der Waals surface area (Å²) < 4.78 is 27.2. The number of hydrogen-bond acceptors (Lipinski definition) is 5. The second-order valence-corrected chi connectivity index (χ2v) is 9.05. The van der Waals surface area contributed by atoms with E-state index in [9.17, 15) is 8.42 Å². The molecule has 0 radical (unpaired) electrons. The summed E-state index contributed by atoms with van der Waals surface area (Å²) in [4.78, 5) is 12.1. The van der Waals surface area contributed by atoms with Gasteiger partial charge >= 0.3 is 0 Å². The molecule has 2 aromatic carbocycles. The number of aryl methyl sites for hydroxylation is 1. The number of aromatic nitrogens is 2. The number of fused-ring (bicyclic) bond motifs is 1. The molecule has 1 saturated heterocycles. The van der Waals surface area contributed by atoms with Crippen LogP contribution in [0.25, 0.3) is 10.9 Å². The number of rotatable bonds is 4. The average molecular weight is 397 g/mol. The van der Waals surface area contributed by atoms with E-state index in [2.05, 4.69) is 11.8 Å². The second-order valence-electron chi connectivity index (χ2n) is 7.11. The molecule has 2 heterocycles. The Morgan fingerprint density at radius 2 is 1.54 bits per heavy atom. The minimum atomic E-state index is -3.44. The van der Waals surface area contributed by atoms with Crippen molar-refractivity contribution >= 4 is 20.9 Å². The van der Waals surface area contributed by atoms with E-state index in [0.717, 1.165) is 22.4 Å². The third-order valence-corrected chi connectivity index (χ3v) is 7.30. The van der Waals surface area contributed by atoms with Gasteiger partial charge in [0.05, 0.1) is 16.5 Å². The van der Waals surface area contributed by atoms with Crippen LogP contribution < -0.4 is 0 Å². The fourth-order valence-electron chi connectivity index (χ4n) is 3.68. The van der Waals surface area contributed by atoms with Gasteiger partial charge in [-0.2, -0.15) is 4.31 Å². The highest BCUT2D eigenvalue weighted by atomic mass is 32.2. The zero-order chi connectivity index (χ0) is 19.7. The maximum atomic E-state index is 12.8. The molecular weight excluding hydrogens is 372 g/mol. The molecule has 3 aromatic rings. The Balaban J connectivity index is 1.49. The third kappa shape index (κ3) is 3.53. The van der Waals surface area contributed by atoms with Gasteiger partial charge in [-0.25, -0.2) is 18.4 Å². The van der Waals surface area contributed by atoms with Crippen molar-refractivity contribution in [3.63, 3.8) is 0 Å². The molecule has 1 atom stereocenters. The van der Waals surface area contributed by atoms with E-state index >= 15 is 0 Å². The first-order chi connectivity index (χ1) is 13.5. The van der Waals surface area contributed by atoms with Gasteiger partial charge in [0.15, 0.2) is 0 Å². The Bertz CT molecular complexity index is 1080. The van der Waals surface area contributed by atoms with Crippen molar-refractivity contribution in [1.82, 2.24) is 19.2 Å². The molecule has 146 valence electrons. The van der Waals surface area contributed by atoms with Crippen molar-refractivity contribution in [2.75, 3.05) is 26.2 Å². The second kappa shape index (κ2) is 7.58. The van der Waals surface area contributed by atoms with Crippen molar-refractivity contribution < 1.29 is 8.42 Å². The lowest BCUT2D eigenvalue weighted by Gasteiger charge is -2.36. The van der Waals surface area contributed by atoms with Gasteiger partial charge < -0.3 is 0 Å². The molecule has 0 aliphatic carbocycles. The highest BCUT2D eigenvalue weighted by molar-refractivity contribution is 7.89. The lowest BCUT2D eigenvalue weighted by Crippen LogP contribution is -2.49. The summed E-state index contributed by atoms with van der Waals surface area (Å²) >= 11 is 0. The molecule has 1 unspecified atom stereocenters. The van der Waals surface area contributed by atoms with Crippen molar-refractivity contribution in [3.8, 4) is 0 Å². The van der Waals surface area contributed by atoms with E-state index in [1.165, 1.54) is 0 Å². The number of hydrogen-bond donors (Lipinski definition) is 0. The summed E-state index contributed by atoms with van der Waals surface area (Å²) in [6.45, 7) is 6.34. The van der Waals surface area contributed by atoms with Crippen LogP contribution in [0.2, 0.25) is 0 Å². The SMILES string of the molecule is Cc1nc(C(C)N2CCN(S(=O)(=O)c3ccccc3)CC2)nc2ccccc12. The predicted molar refractivity (Wildman–Crippen MR) is 109 cm³/mol. The number of piperazine rings is 1. The lowest BCUT2D eigenvalue weighted by molar-refractivity contribution is 0.141. The van der Waals surface area contributed by atoms with Crippen LogP contribution in [-0.4, -0.2) is 53.8 Å². The van der Waals surface area contributed by atoms with Gasteiger partial charge in [-0.05, 0) is 32.0 Å². The largest absolute Gasteiger partial charge is 0.291 e. The van der Waals surface area contributed by atoms with Crippen LogP contribution >= 0.6 is 0 Å². The Kier molecular flexibility index (Phi) is 5.14. The quantitative estimate of drug-likeness (QED) is 0.678. The van der Waals surface area contributed by atoms with Crippen LogP contribution in [-0.2, 0) is 10.0 Å². The van der Waals surface area contributed by atoms with E-state index < -0.39 is 10.0 Å². The molecule has 1 aliphatic heterocycles. The van der Waals surface area contributed by atoms with Crippen LogP contribution in [0.15, 0.2) is 59.5 Å². The van der Waals surface area contributed by atoms with Gasteiger partial charge in [0.25, 0.3) is 0 Å². The first-order valence-corrected chi connectivity index (χ1v) is 10.9. The monoisotopic (exact) mass is 396 g/mol. The molecular formula is C21H24N4O2S. The van der Waals surface area contributed by atoms with Crippen LogP contribution in [0.3, 0.4) is 0 Å². The molecule has 1 aromatic heterocycles. The van der Waals surface area contributed by atoms with Crippen LogP contribution in [0.1, 0.15) is 24.5 Å². The highest BCUT2D eigenvalue weighted by Gasteiger charge is 2.31. The minimum Gasteiger partial charge on any atom is -0.291 e. The number of nitrogens with zero attached hydrogens (tertiary/aromatic N) is 4. The van der Waals surface area contributed by atoms with Crippen LogP contribution in [0.4, 0.5) is 0 Å². The fraction of sp³-hybridized carbons (Fsp3) is 0.333. The third-order valence-electron chi connectivity index (χ3n) is 5.39. The van der Waals surface area contributed by atoms with Gasteiger partial charge in [0.1, 0.15) is 5.82 Å². The number of sulfonamides is 1. The summed E-state index contributed by atoms with van der Waals surface area (Å²) in [6, 6.07) is 16.7. The molecule has 0 N–H and O–H groups in total. The first-order valence-electron chi connectivity index (χ1n) is 9.49. The Hall–Kier alpha value is -2.35. The number of benzene rings is 2.